The van der Waals surface area contributed by atoms with Crippen molar-refractivity contribution in [1.29, 1.82) is 0 Å². The van der Waals surface area contributed by atoms with E-state index in [-0.39, 0.29) is 0 Å². The smallest absolute Gasteiger partial charge is 0.200 e. The summed E-state index contributed by atoms with van der Waals surface area (Å²) in [5.74, 6) is -3.95. The summed E-state index contributed by atoms with van der Waals surface area (Å²) >= 11 is 0. The number of halogens is 1. The first-order valence-corrected chi connectivity index (χ1v) is 6.80. The number of carbonyl (C=O) groups excluding carboxylic acids is 2. The van der Waals surface area contributed by atoms with Crippen LogP contribution >= 0.6 is 0 Å². The highest BCUT2D eigenvalue weighted by molar-refractivity contribution is 7.95. The van der Waals surface area contributed by atoms with E-state index in [2.05, 4.69) is 0 Å². The van der Waals surface area contributed by atoms with Crippen molar-refractivity contribution in [2.24, 2.45) is 0 Å². The molecule has 0 spiro atoms. The minimum atomic E-state index is -4.11. The van der Waals surface area contributed by atoms with Gasteiger partial charge in [-0.3, -0.25) is 9.59 Å². The van der Waals surface area contributed by atoms with Crippen LogP contribution in [-0.4, -0.2) is 20.0 Å². The van der Waals surface area contributed by atoms with Gasteiger partial charge in [0.15, 0.2) is 27.2 Å². The van der Waals surface area contributed by atoms with Crippen molar-refractivity contribution in [2.75, 3.05) is 0 Å². The fourth-order valence-corrected chi connectivity index (χ4v) is 3.31. The maximum absolute atomic E-state index is 13.4. The van der Waals surface area contributed by atoms with E-state index >= 15 is 0 Å². The van der Waals surface area contributed by atoms with Crippen molar-refractivity contribution in [3.05, 3.63) is 46.6 Å². The van der Waals surface area contributed by atoms with Crippen LogP contribution in [0, 0.1) is 0 Å². The molecule has 1 aliphatic rings. The quantitative estimate of drug-likeness (QED) is 0.775. The van der Waals surface area contributed by atoms with E-state index in [1.807, 2.05) is 0 Å². The predicted molar refractivity (Wildman–Crippen MR) is 61.8 cm³/mol. The summed E-state index contributed by atoms with van der Waals surface area (Å²) in [6, 6.07) is 8.09. The maximum Gasteiger partial charge on any atom is 0.200 e. The number of sulfone groups is 1. The van der Waals surface area contributed by atoms with Crippen LogP contribution in [0.4, 0.5) is 4.39 Å². The zero-order valence-corrected chi connectivity index (χ0v) is 10.0. The summed E-state index contributed by atoms with van der Waals surface area (Å²) in [4.78, 5) is 21.3. The predicted octanol–water partition coefficient (Wildman–Crippen LogP) is 1.32. The van der Waals surface area contributed by atoms with Gasteiger partial charge in [-0.1, -0.05) is 30.3 Å². The monoisotopic (exact) mass is 268 g/mol. The molecule has 0 aromatic heterocycles. The van der Waals surface area contributed by atoms with Crippen LogP contribution in [0.2, 0.25) is 0 Å². The first-order valence-electron chi connectivity index (χ1n) is 5.14. The van der Waals surface area contributed by atoms with Crippen LogP contribution < -0.4 is 0 Å². The van der Waals surface area contributed by atoms with Crippen LogP contribution in [0.1, 0.15) is 12.0 Å². The van der Waals surface area contributed by atoms with Gasteiger partial charge in [-0.25, -0.2) is 12.8 Å². The Morgan fingerprint density at radius 1 is 1.06 bits per heavy atom. The number of rotatable bonds is 3. The lowest BCUT2D eigenvalue weighted by atomic mass is 10.2. The van der Waals surface area contributed by atoms with E-state index in [1.54, 1.807) is 30.3 Å². The second-order valence-electron chi connectivity index (χ2n) is 3.91. The van der Waals surface area contributed by atoms with Gasteiger partial charge >= 0.3 is 0 Å². The molecule has 2 rings (SSSR count). The minimum absolute atomic E-state index is 0.435. The Kier molecular flexibility index (Phi) is 3.13. The van der Waals surface area contributed by atoms with E-state index in [0.717, 1.165) is 0 Å². The second kappa shape index (κ2) is 4.45. The molecule has 0 amide bonds. The molecular weight excluding hydrogens is 259 g/mol. The standard InChI is InChI=1S/C12H9FO4S/c13-11-9(14)6-10(15)12(11)18(16,17)7-8-4-2-1-3-5-8/h1-5H,6-7H2. The van der Waals surface area contributed by atoms with Crippen molar-refractivity contribution in [3.8, 4) is 0 Å². The molecule has 0 aliphatic heterocycles. The van der Waals surface area contributed by atoms with Gasteiger partial charge in [-0.2, -0.15) is 0 Å². The molecule has 0 bridgehead atoms. The van der Waals surface area contributed by atoms with Crippen LogP contribution in [0.15, 0.2) is 41.1 Å². The zero-order chi connectivity index (χ0) is 13.3. The largest absolute Gasteiger partial charge is 0.293 e. The third-order valence-corrected chi connectivity index (χ3v) is 4.27. The number of allylic oxidation sites excluding steroid dienone is 2. The molecule has 0 radical (unpaired) electrons. The maximum atomic E-state index is 13.4. The Bertz CT molecular complexity index is 644. The molecule has 6 heteroatoms. The Morgan fingerprint density at radius 2 is 1.67 bits per heavy atom. The second-order valence-corrected chi connectivity index (χ2v) is 5.84. The molecule has 1 aromatic carbocycles. The van der Waals surface area contributed by atoms with Crippen LogP contribution in [-0.2, 0) is 25.2 Å². The van der Waals surface area contributed by atoms with E-state index in [9.17, 15) is 22.4 Å². The highest BCUT2D eigenvalue weighted by Gasteiger charge is 2.39. The molecule has 1 aliphatic carbocycles. The van der Waals surface area contributed by atoms with E-state index in [1.165, 1.54) is 0 Å². The van der Waals surface area contributed by atoms with Gasteiger partial charge in [-0.05, 0) is 5.56 Å². The number of carbonyl (C=O) groups is 2. The Hall–Kier alpha value is -1.82. The molecule has 0 saturated heterocycles. The van der Waals surface area contributed by atoms with Gasteiger partial charge in [-0.15, -0.1) is 0 Å². The summed E-state index contributed by atoms with van der Waals surface area (Å²) in [7, 11) is -4.11. The van der Waals surface area contributed by atoms with Gasteiger partial charge in [0.25, 0.3) is 0 Å². The highest BCUT2D eigenvalue weighted by atomic mass is 32.2. The molecule has 0 N–H and O–H groups in total. The molecular formula is C12H9FO4S. The molecule has 94 valence electrons. The number of Topliss-reactive ketones (excluding diaryl/α,β-unsaturated/α-hetero) is 2. The molecule has 4 nitrogen and oxygen atoms in total. The summed E-state index contributed by atoms with van der Waals surface area (Å²) < 4.78 is 37.2. The van der Waals surface area contributed by atoms with Crippen LogP contribution in [0.5, 0.6) is 0 Å². The van der Waals surface area contributed by atoms with Crippen molar-refractivity contribution in [1.82, 2.24) is 0 Å². The summed E-state index contributed by atoms with van der Waals surface area (Å²) in [5, 5.41) is 0. The summed E-state index contributed by atoms with van der Waals surface area (Å²) in [6.07, 6.45) is -0.699. The van der Waals surface area contributed by atoms with Gasteiger partial charge in [0, 0.05) is 0 Å². The Balaban J connectivity index is 2.39. The van der Waals surface area contributed by atoms with Crippen LogP contribution in [0.3, 0.4) is 0 Å². The number of hydrogen-bond acceptors (Lipinski definition) is 4. The average Bonchev–Trinajstić information content (AvgIpc) is 2.54. The van der Waals surface area contributed by atoms with Crippen molar-refractivity contribution in [2.45, 2.75) is 12.2 Å². The minimum Gasteiger partial charge on any atom is -0.293 e. The lowest BCUT2D eigenvalue weighted by Crippen LogP contribution is -2.13. The van der Waals surface area contributed by atoms with Gasteiger partial charge in [0.05, 0.1) is 12.2 Å². The third-order valence-electron chi connectivity index (χ3n) is 2.53. The fourth-order valence-electron chi connectivity index (χ4n) is 1.73. The van der Waals surface area contributed by atoms with Gasteiger partial charge in [0.1, 0.15) is 4.91 Å². The molecule has 0 unspecified atom stereocenters. The van der Waals surface area contributed by atoms with E-state index < -0.39 is 44.3 Å². The van der Waals surface area contributed by atoms with Crippen LogP contribution in [0.25, 0.3) is 0 Å². The van der Waals surface area contributed by atoms with Crippen molar-refractivity contribution in [3.63, 3.8) is 0 Å². The van der Waals surface area contributed by atoms with Gasteiger partial charge < -0.3 is 0 Å². The number of ketones is 2. The zero-order valence-electron chi connectivity index (χ0n) is 9.22. The topological polar surface area (TPSA) is 68.3 Å². The lowest BCUT2D eigenvalue weighted by Gasteiger charge is -2.03. The SMILES string of the molecule is O=C1CC(=O)C(S(=O)(=O)Cc2ccccc2)=C1F. The normalized spacial score (nSPS) is 16.5. The Morgan fingerprint density at radius 3 is 2.17 bits per heavy atom. The molecule has 1 aromatic rings. The molecule has 18 heavy (non-hydrogen) atoms. The first-order chi connectivity index (χ1) is 8.42. The number of hydrogen-bond donors (Lipinski definition) is 0. The van der Waals surface area contributed by atoms with Gasteiger partial charge in [0.2, 0.25) is 0 Å². The molecule has 0 fully saturated rings. The molecule has 0 saturated carbocycles. The lowest BCUT2D eigenvalue weighted by molar-refractivity contribution is -0.121. The Labute approximate surface area is 103 Å². The fraction of sp³-hybridized carbons (Fsp3) is 0.167. The highest BCUT2D eigenvalue weighted by Crippen LogP contribution is 2.27. The van der Waals surface area contributed by atoms with E-state index in [4.69, 9.17) is 0 Å². The summed E-state index contributed by atoms with van der Waals surface area (Å²) in [5.41, 5.74) is 0.435. The summed E-state index contributed by atoms with van der Waals surface area (Å²) in [6.45, 7) is 0. The van der Waals surface area contributed by atoms with E-state index in [0.29, 0.717) is 5.56 Å². The number of benzene rings is 1. The molecule has 0 heterocycles. The average molecular weight is 268 g/mol. The first kappa shape index (κ1) is 12.6. The van der Waals surface area contributed by atoms with Crippen molar-refractivity contribution >= 4 is 21.4 Å². The third kappa shape index (κ3) is 2.24. The van der Waals surface area contributed by atoms with Crippen molar-refractivity contribution < 1.29 is 22.4 Å². The molecule has 0 atom stereocenters.